The van der Waals surface area contributed by atoms with E-state index in [9.17, 15) is 4.79 Å². The molecule has 2 aromatic rings. The van der Waals surface area contributed by atoms with Crippen molar-refractivity contribution in [1.29, 1.82) is 5.26 Å². The average molecular weight is 226 g/mol. The summed E-state index contributed by atoms with van der Waals surface area (Å²) in [5, 5.41) is 9.02. The fourth-order valence-electron chi connectivity index (χ4n) is 1.64. The van der Waals surface area contributed by atoms with Crippen molar-refractivity contribution in [1.82, 2.24) is 4.57 Å². The van der Waals surface area contributed by atoms with E-state index in [1.807, 2.05) is 6.07 Å². The summed E-state index contributed by atoms with van der Waals surface area (Å²) in [4.78, 5) is 11.5. The molecule has 1 aromatic carbocycles. The molecule has 0 amide bonds. The number of esters is 1. The Morgan fingerprint density at radius 3 is 2.76 bits per heavy atom. The maximum Gasteiger partial charge on any atom is 0.355 e. The van der Waals surface area contributed by atoms with Crippen LogP contribution in [0.3, 0.4) is 0 Å². The minimum absolute atomic E-state index is 0.398. The number of benzene rings is 1. The summed E-state index contributed by atoms with van der Waals surface area (Å²) in [6, 6.07) is 12.6. The van der Waals surface area contributed by atoms with Crippen LogP contribution in [0.25, 0.3) is 5.69 Å². The van der Waals surface area contributed by atoms with Crippen LogP contribution in [-0.2, 0) is 4.74 Å². The molecule has 1 heterocycles. The Kier molecular flexibility index (Phi) is 2.93. The number of hydrogen-bond donors (Lipinski definition) is 0. The van der Waals surface area contributed by atoms with E-state index in [-0.39, 0.29) is 0 Å². The predicted octanol–water partition coefficient (Wildman–Crippen LogP) is 2.14. The highest BCUT2D eigenvalue weighted by atomic mass is 16.5. The number of aromatic nitrogens is 1. The number of nitriles is 1. The second-order valence-electron chi connectivity index (χ2n) is 3.38. The van der Waals surface area contributed by atoms with Crippen molar-refractivity contribution in [2.24, 2.45) is 0 Å². The SMILES string of the molecule is COC(=O)c1cccn1-c1ccccc1C#N. The minimum atomic E-state index is -0.428. The molecule has 0 aliphatic heterocycles. The molecule has 1 aromatic heterocycles. The van der Waals surface area contributed by atoms with Crippen LogP contribution < -0.4 is 0 Å². The highest BCUT2D eigenvalue weighted by Crippen LogP contribution is 2.17. The third-order valence-corrected chi connectivity index (χ3v) is 2.43. The van der Waals surface area contributed by atoms with E-state index < -0.39 is 5.97 Å². The Bertz CT molecular complexity index is 593. The number of carbonyl (C=O) groups excluding carboxylic acids is 1. The first-order chi connectivity index (χ1) is 8.27. The average Bonchev–Trinajstić information content (AvgIpc) is 2.86. The molecule has 0 bridgehead atoms. The van der Waals surface area contributed by atoms with Crippen LogP contribution in [0.2, 0.25) is 0 Å². The molecule has 0 fully saturated rings. The number of carbonyl (C=O) groups is 1. The minimum Gasteiger partial charge on any atom is -0.464 e. The normalized spacial score (nSPS) is 9.65. The van der Waals surface area contributed by atoms with Gasteiger partial charge in [0.1, 0.15) is 11.8 Å². The smallest absolute Gasteiger partial charge is 0.355 e. The van der Waals surface area contributed by atoms with Gasteiger partial charge in [0, 0.05) is 6.20 Å². The maximum atomic E-state index is 11.5. The van der Waals surface area contributed by atoms with Crippen LogP contribution in [0.1, 0.15) is 16.1 Å². The van der Waals surface area contributed by atoms with Crippen LogP contribution in [-0.4, -0.2) is 17.6 Å². The zero-order valence-electron chi connectivity index (χ0n) is 9.25. The van der Waals surface area contributed by atoms with Gasteiger partial charge in [0.2, 0.25) is 0 Å². The van der Waals surface area contributed by atoms with Crippen molar-refractivity contribution in [3.63, 3.8) is 0 Å². The van der Waals surface area contributed by atoms with Gasteiger partial charge in [-0.25, -0.2) is 4.79 Å². The standard InChI is InChI=1S/C13H10N2O2/c1-17-13(16)12-7-4-8-15(12)11-6-3-2-5-10(11)9-14/h2-8H,1H3. The summed E-state index contributed by atoms with van der Waals surface area (Å²) in [5.74, 6) is -0.428. The van der Waals surface area contributed by atoms with E-state index in [0.29, 0.717) is 16.9 Å². The fraction of sp³-hybridized carbons (Fsp3) is 0.0769. The van der Waals surface area contributed by atoms with Crippen molar-refractivity contribution >= 4 is 5.97 Å². The Morgan fingerprint density at radius 2 is 2.06 bits per heavy atom. The summed E-state index contributed by atoms with van der Waals surface area (Å²) in [5.41, 5.74) is 1.57. The lowest BCUT2D eigenvalue weighted by molar-refractivity contribution is 0.0591. The van der Waals surface area contributed by atoms with Crippen molar-refractivity contribution in [3.8, 4) is 11.8 Å². The van der Waals surface area contributed by atoms with Crippen molar-refractivity contribution in [2.45, 2.75) is 0 Å². The molecule has 0 N–H and O–H groups in total. The van der Waals surface area contributed by atoms with Gasteiger partial charge in [-0.15, -0.1) is 0 Å². The molecule has 84 valence electrons. The number of para-hydroxylation sites is 1. The Hall–Kier alpha value is -2.54. The van der Waals surface area contributed by atoms with Crippen LogP contribution in [0, 0.1) is 11.3 Å². The van der Waals surface area contributed by atoms with Gasteiger partial charge < -0.3 is 9.30 Å². The number of rotatable bonds is 2. The highest BCUT2D eigenvalue weighted by Gasteiger charge is 2.13. The van der Waals surface area contributed by atoms with Gasteiger partial charge in [-0.1, -0.05) is 12.1 Å². The molecular weight excluding hydrogens is 216 g/mol. The zero-order chi connectivity index (χ0) is 12.3. The third kappa shape index (κ3) is 1.91. The lowest BCUT2D eigenvalue weighted by Crippen LogP contribution is -2.09. The molecule has 0 saturated carbocycles. The summed E-state index contributed by atoms with van der Waals surface area (Å²) < 4.78 is 6.33. The summed E-state index contributed by atoms with van der Waals surface area (Å²) >= 11 is 0. The van der Waals surface area contributed by atoms with E-state index in [1.54, 1.807) is 41.1 Å². The van der Waals surface area contributed by atoms with Crippen LogP contribution in [0.5, 0.6) is 0 Å². The quantitative estimate of drug-likeness (QED) is 0.737. The molecule has 2 rings (SSSR count). The van der Waals surface area contributed by atoms with Crippen molar-refractivity contribution in [3.05, 3.63) is 53.9 Å². The van der Waals surface area contributed by atoms with Crippen molar-refractivity contribution < 1.29 is 9.53 Å². The third-order valence-electron chi connectivity index (χ3n) is 2.43. The monoisotopic (exact) mass is 226 g/mol. The fourth-order valence-corrected chi connectivity index (χ4v) is 1.64. The zero-order valence-corrected chi connectivity index (χ0v) is 9.25. The number of hydrogen-bond acceptors (Lipinski definition) is 3. The Morgan fingerprint density at radius 1 is 1.29 bits per heavy atom. The van der Waals surface area contributed by atoms with E-state index in [0.717, 1.165) is 0 Å². The van der Waals surface area contributed by atoms with Crippen molar-refractivity contribution in [2.75, 3.05) is 7.11 Å². The predicted molar refractivity (Wildman–Crippen MR) is 61.8 cm³/mol. The molecule has 0 aliphatic rings. The molecule has 4 nitrogen and oxygen atoms in total. The first-order valence-corrected chi connectivity index (χ1v) is 5.03. The van der Waals surface area contributed by atoms with E-state index >= 15 is 0 Å². The van der Waals surface area contributed by atoms with Gasteiger partial charge in [-0.05, 0) is 24.3 Å². The number of methoxy groups -OCH3 is 1. The lowest BCUT2D eigenvalue weighted by Gasteiger charge is -2.08. The molecule has 4 heteroatoms. The molecule has 0 unspecified atom stereocenters. The first-order valence-electron chi connectivity index (χ1n) is 5.03. The van der Waals surface area contributed by atoms with E-state index in [2.05, 4.69) is 10.8 Å². The first kappa shape index (κ1) is 11.0. The van der Waals surface area contributed by atoms with E-state index in [1.165, 1.54) is 7.11 Å². The second-order valence-corrected chi connectivity index (χ2v) is 3.38. The van der Waals surface area contributed by atoms with E-state index in [4.69, 9.17) is 5.26 Å². The van der Waals surface area contributed by atoms with Gasteiger partial charge >= 0.3 is 5.97 Å². The second kappa shape index (κ2) is 4.54. The molecule has 0 radical (unpaired) electrons. The molecule has 17 heavy (non-hydrogen) atoms. The van der Waals surface area contributed by atoms with Gasteiger partial charge in [-0.3, -0.25) is 0 Å². The Labute approximate surface area is 98.7 Å². The Balaban J connectivity index is 2.58. The topological polar surface area (TPSA) is 55.0 Å². The van der Waals surface area contributed by atoms with Gasteiger partial charge in [-0.2, -0.15) is 5.26 Å². The van der Waals surface area contributed by atoms with Crippen LogP contribution >= 0.6 is 0 Å². The molecule has 0 saturated heterocycles. The maximum absolute atomic E-state index is 11.5. The molecule has 0 atom stereocenters. The molecule has 0 spiro atoms. The van der Waals surface area contributed by atoms with Crippen LogP contribution in [0.4, 0.5) is 0 Å². The lowest BCUT2D eigenvalue weighted by atomic mass is 10.2. The number of ether oxygens (including phenoxy) is 1. The number of nitrogens with zero attached hydrogens (tertiary/aromatic N) is 2. The molecule has 0 aliphatic carbocycles. The van der Waals surface area contributed by atoms with Gasteiger partial charge in [0.05, 0.1) is 18.4 Å². The summed E-state index contributed by atoms with van der Waals surface area (Å²) in [7, 11) is 1.33. The largest absolute Gasteiger partial charge is 0.464 e. The molecular formula is C13H10N2O2. The highest BCUT2D eigenvalue weighted by molar-refractivity contribution is 5.88. The summed E-state index contributed by atoms with van der Waals surface area (Å²) in [6.45, 7) is 0. The van der Waals surface area contributed by atoms with Gasteiger partial charge in [0.15, 0.2) is 0 Å². The summed E-state index contributed by atoms with van der Waals surface area (Å²) in [6.07, 6.45) is 1.72. The van der Waals surface area contributed by atoms with Gasteiger partial charge in [0.25, 0.3) is 0 Å². The van der Waals surface area contributed by atoms with Crippen LogP contribution in [0.15, 0.2) is 42.6 Å².